The zero-order chi connectivity index (χ0) is 13.5. The van der Waals surface area contributed by atoms with Crippen LogP contribution in [0.15, 0.2) is 24.3 Å². The molecule has 3 nitrogen and oxygen atoms in total. The molecule has 2 unspecified atom stereocenters. The maximum absolute atomic E-state index is 8.84. The summed E-state index contributed by atoms with van der Waals surface area (Å²) in [7, 11) is 0. The van der Waals surface area contributed by atoms with E-state index in [-0.39, 0.29) is 5.54 Å². The molecule has 1 aromatic rings. The van der Waals surface area contributed by atoms with Crippen molar-refractivity contribution in [2.75, 3.05) is 19.6 Å². The normalized spacial score (nSPS) is 29.1. The average molecular weight is 255 g/mol. The summed E-state index contributed by atoms with van der Waals surface area (Å²) >= 11 is 0. The Morgan fingerprint density at radius 2 is 2.05 bits per heavy atom. The molecule has 0 bridgehead atoms. The van der Waals surface area contributed by atoms with E-state index in [2.05, 4.69) is 42.3 Å². The van der Waals surface area contributed by atoms with Crippen LogP contribution in [-0.4, -0.2) is 30.1 Å². The first-order chi connectivity index (χ1) is 9.11. The fourth-order valence-electron chi connectivity index (χ4n) is 3.68. The van der Waals surface area contributed by atoms with E-state index in [1.165, 1.54) is 12.1 Å². The Balaban J connectivity index is 1.74. The molecule has 3 rings (SSSR count). The predicted molar refractivity (Wildman–Crippen MR) is 75.5 cm³/mol. The lowest BCUT2D eigenvalue weighted by molar-refractivity contribution is 0.132. The highest BCUT2D eigenvalue weighted by Gasteiger charge is 2.49. The van der Waals surface area contributed by atoms with Gasteiger partial charge in [0.05, 0.1) is 11.6 Å². The summed E-state index contributed by atoms with van der Waals surface area (Å²) in [6, 6.07) is 10.2. The van der Waals surface area contributed by atoms with Gasteiger partial charge in [-0.25, -0.2) is 0 Å². The highest BCUT2D eigenvalue weighted by Crippen LogP contribution is 2.41. The van der Waals surface area contributed by atoms with Gasteiger partial charge in [-0.15, -0.1) is 0 Å². The van der Waals surface area contributed by atoms with Crippen LogP contribution < -0.4 is 5.32 Å². The quantitative estimate of drug-likeness (QED) is 0.878. The van der Waals surface area contributed by atoms with Crippen LogP contribution >= 0.6 is 0 Å². The van der Waals surface area contributed by atoms with E-state index >= 15 is 0 Å². The summed E-state index contributed by atoms with van der Waals surface area (Å²) in [5.41, 5.74) is 2.31. The lowest BCUT2D eigenvalue weighted by atomic mass is 9.85. The van der Waals surface area contributed by atoms with Gasteiger partial charge in [0.25, 0.3) is 0 Å². The van der Waals surface area contributed by atoms with E-state index in [9.17, 15) is 0 Å². The predicted octanol–water partition coefficient (Wildman–Crippen LogP) is 1.99. The molecule has 2 saturated heterocycles. The molecule has 1 N–H and O–H groups in total. The number of fused-ring (bicyclic) bond motifs is 1. The van der Waals surface area contributed by atoms with Crippen molar-refractivity contribution < 1.29 is 0 Å². The molecule has 2 atom stereocenters. The molecule has 0 spiro atoms. The highest BCUT2D eigenvalue weighted by molar-refractivity contribution is 5.31. The maximum atomic E-state index is 8.84. The summed E-state index contributed by atoms with van der Waals surface area (Å²) in [5.74, 6) is 1.57. The van der Waals surface area contributed by atoms with Crippen molar-refractivity contribution in [2.45, 2.75) is 25.9 Å². The molecule has 0 radical (unpaired) electrons. The Hall–Kier alpha value is -1.37. The molecule has 100 valence electrons. The van der Waals surface area contributed by atoms with Crippen molar-refractivity contribution in [1.29, 1.82) is 5.26 Å². The van der Waals surface area contributed by atoms with E-state index in [4.69, 9.17) is 5.26 Å². The number of likely N-dealkylation sites (tertiary alicyclic amines) is 1. The van der Waals surface area contributed by atoms with Crippen molar-refractivity contribution >= 4 is 0 Å². The summed E-state index contributed by atoms with van der Waals surface area (Å²) in [6.07, 6.45) is 0. The Kier molecular flexibility index (Phi) is 3.08. The third-order valence-corrected chi connectivity index (χ3v) is 4.97. The van der Waals surface area contributed by atoms with Crippen LogP contribution in [0, 0.1) is 23.2 Å². The molecule has 2 aliphatic heterocycles. The molecular formula is C16H21N3. The van der Waals surface area contributed by atoms with Crippen LogP contribution in [0.3, 0.4) is 0 Å². The largest absolute Gasteiger partial charge is 0.316 e. The number of hydrogen-bond donors (Lipinski definition) is 1. The molecule has 2 aliphatic rings. The van der Waals surface area contributed by atoms with Crippen LogP contribution in [0.5, 0.6) is 0 Å². The smallest absolute Gasteiger partial charge is 0.0991 e. The van der Waals surface area contributed by atoms with E-state index < -0.39 is 0 Å². The summed E-state index contributed by atoms with van der Waals surface area (Å²) < 4.78 is 0. The van der Waals surface area contributed by atoms with Gasteiger partial charge in [0.1, 0.15) is 0 Å². The number of nitrogens with zero attached hydrogens (tertiary/aromatic N) is 2. The van der Waals surface area contributed by atoms with Gasteiger partial charge >= 0.3 is 0 Å². The highest BCUT2D eigenvalue weighted by atomic mass is 15.2. The van der Waals surface area contributed by atoms with Crippen LogP contribution in [0.1, 0.15) is 25.0 Å². The fraction of sp³-hybridized carbons (Fsp3) is 0.562. The fourth-order valence-corrected chi connectivity index (χ4v) is 3.68. The Bertz CT molecular complexity index is 498. The third-order valence-electron chi connectivity index (χ3n) is 4.97. The first-order valence-electron chi connectivity index (χ1n) is 7.06. The number of nitriles is 1. The molecule has 0 aliphatic carbocycles. The standard InChI is InChI=1S/C16H21N3/c1-16(2)15-9-18-8-14(15)11-19(16)10-13-5-3-12(7-17)4-6-13/h3-6,14-15,18H,8-11H2,1-2H3. The number of benzene rings is 1. The van der Waals surface area contributed by atoms with E-state index in [1.807, 2.05) is 12.1 Å². The molecule has 2 fully saturated rings. The van der Waals surface area contributed by atoms with Gasteiger partial charge in [-0.05, 0) is 49.9 Å². The zero-order valence-corrected chi connectivity index (χ0v) is 11.7. The van der Waals surface area contributed by atoms with Crippen LogP contribution in [0.25, 0.3) is 0 Å². The minimum atomic E-state index is 0.266. The summed E-state index contributed by atoms with van der Waals surface area (Å²) in [4.78, 5) is 2.60. The second-order valence-electron chi connectivity index (χ2n) is 6.37. The number of hydrogen-bond acceptors (Lipinski definition) is 3. The van der Waals surface area contributed by atoms with Crippen molar-refractivity contribution in [1.82, 2.24) is 10.2 Å². The molecule has 0 aromatic heterocycles. The van der Waals surface area contributed by atoms with Gasteiger partial charge in [-0.3, -0.25) is 4.90 Å². The second kappa shape index (κ2) is 4.63. The first-order valence-corrected chi connectivity index (χ1v) is 7.06. The minimum absolute atomic E-state index is 0.266. The van der Waals surface area contributed by atoms with E-state index in [1.54, 1.807) is 0 Å². The molecule has 1 aromatic carbocycles. The van der Waals surface area contributed by atoms with Crippen molar-refractivity contribution in [3.63, 3.8) is 0 Å². The van der Waals surface area contributed by atoms with E-state index in [0.717, 1.165) is 37.0 Å². The maximum Gasteiger partial charge on any atom is 0.0991 e. The Morgan fingerprint density at radius 3 is 2.68 bits per heavy atom. The first kappa shape index (κ1) is 12.7. The average Bonchev–Trinajstić information content (AvgIpc) is 2.95. The molecular weight excluding hydrogens is 234 g/mol. The van der Waals surface area contributed by atoms with Gasteiger partial charge in [-0.1, -0.05) is 12.1 Å². The molecule has 3 heteroatoms. The third kappa shape index (κ3) is 2.16. The monoisotopic (exact) mass is 255 g/mol. The van der Waals surface area contributed by atoms with Gasteiger partial charge in [0, 0.05) is 25.2 Å². The summed E-state index contributed by atoms with van der Waals surface area (Å²) in [5, 5.41) is 12.4. The number of nitrogens with one attached hydrogen (secondary N) is 1. The SMILES string of the molecule is CC1(C)C2CNCC2CN1Cc1ccc(C#N)cc1. The van der Waals surface area contributed by atoms with Gasteiger partial charge < -0.3 is 5.32 Å². The van der Waals surface area contributed by atoms with Crippen molar-refractivity contribution in [3.8, 4) is 6.07 Å². The van der Waals surface area contributed by atoms with Gasteiger partial charge in [-0.2, -0.15) is 5.26 Å². The van der Waals surface area contributed by atoms with Gasteiger partial charge in [0.2, 0.25) is 0 Å². The van der Waals surface area contributed by atoms with Crippen LogP contribution in [0.2, 0.25) is 0 Å². The topological polar surface area (TPSA) is 39.1 Å². The van der Waals surface area contributed by atoms with E-state index in [0.29, 0.717) is 0 Å². The summed E-state index contributed by atoms with van der Waals surface area (Å²) in [6.45, 7) is 9.23. The zero-order valence-electron chi connectivity index (χ0n) is 11.7. The van der Waals surface area contributed by atoms with Crippen molar-refractivity contribution in [3.05, 3.63) is 35.4 Å². The Labute approximate surface area is 115 Å². The van der Waals surface area contributed by atoms with Gasteiger partial charge in [0.15, 0.2) is 0 Å². The van der Waals surface area contributed by atoms with Crippen molar-refractivity contribution in [2.24, 2.45) is 11.8 Å². The molecule has 2 heterocycles. The lowest BCUT2D eigenvalue weighted by Gasteiger charge is -2.35. The lowest BCUT2D eigenvalue weighted by Crippen LogP contribution is -2.43. The molecule has 0 saturated carbocycles. The molecule has 19 heavy (non-hydrogen) atoms. The van der Waals surface area contributed by atoms with Crippen LogP contribution in [0.4, 0.5) is 0 Å². The minimum Gasteiger partial charge on any atom is -0.316 e. The van der Waals surface area contributed by atoms with Crippen LogP contribution in [-0.2, 0) is 6.54 Å². The molecule has 0 amide bonds. The second-order valence-corrected chi connectivity index (χ2v) is 6.37. The Morgan fingerprint density at radius 1 is 1.32 bits per heavy atom. The number of rotatable bonds is 2.